The summed E-state index contributed by atoms with van der Waals surface area (Å²) in [7, 11) is 0. The van der Waals surface area contributed by atoms with Gasteiger partial charge in [-0.2, -0.15) is 0 Å². The largest absolute Gasteiger partial charge is 0.490 e. The Balaban J connectivity index is 2.35. The van der Waals surface area contributed by atoms with Gasteiger partial charge in [0.15, 0.2) is 17.8 Å². The molecule has 4 heteroatoms. The molecule has 0 aliphatic rings. The molecule has 0 fully saturated rings. The SMILES string of the molecule is CCOc1ccccc1Oc1cc(Br)ccc1C=O. The number of carbonyl (C=O) groups is 1. The number of ether oxygens (including phenoxy) is 2. The molecule has 98 valence electrons. The quantitative estimate of drug-likeness (QED) is 0.763. The zero-order valence-corrected chi connectivity index (χ0v) is 12.0. The summed E-state index contributed by atoms with van der Waals surface area (Å²) >= 11 is 3.36. The molecule has 0 unspecified atom stereocenters. The molecule has 2 aromatic rings. The van der Waals surface area contributed by atoms with E-state index in [1.807, 2.05) is 25.1 Å². The van der Waals surface area contributed by atoms with Crippen molar-refractivity contribution in [3.05, 3.63) is 52.5 Å². The van der Waals surface area contributed by atoms with Crippen LogP contribution < -0.4 is 9.47 Å². The van der Waals surface area contributed by atoms with Gasteiger partial charge >= 0.3 is 0 Å². The Morgan fingerprint density at radius 3 is 2.53 bits per heavy atom. The number of para-hydroxylation sites is 2. The Bertz CT molecular complexity index is 581. The lowest BCUT2D eigenvalue weighted by Crippen LogP contribution is -1.96. The molecule has 2 rings (SSSR count). The minimum absolute atomic E-state index is 0.495. The number of aldehydes is 1. The number of benzene rings is 2. The van der Waals surface area contributed by atoms with Crippen LogP contribution in [-0.2, 0) is 0 Å². The summed E-state index contributed by atoms with van der Waals surface area (Å²) in [5.41, 5.74) is 0.495. The van der Waals surface area contributed by atoms with E-state index >= 15 is 0 Å². The highest BCUT2D eigenvalue weighted by molar-refractivity contribution is 9.10. The van der Waals surface area contributed by atoms with Crippen LogP contribution >= 0.6 is 15.9 Å². The monoisotopic (exact) mass is 320 g/mol. The molecular weight excluding hydrogens is 308 g/mol. The fraction of sp³-hybridized carbons (Fsp3) is 0.133. The normalized spacial score (nSPS) is 10.0. The van der Waals surface area contributed by atoms with Crippen molar-refractivity contribution in [3.8, 4) is 17.2 Å². The standard InChI is InChI=1S/C15H13BrO3/c1-2-18-13-5-3-4-6-14(13)19-15-9-12(16)8-7-11(15)10-17/h3-10H,2H2,1H3. The Kier molecular flexibility index (Phi) is 4.58. The van der Waals surface area contributed by atoms with Crippen LogP contribution in [0.1, 0.15) is 17.3 Å². The highest BCUT2D eigenvalue weighted by Gasteiger charge is 2.09. The maximum Gasteiger partial charge on any atom is 0.169 e. The molecule has 0 radical (unpaired) electrons. The summed E-state index contributed by atoms with van der Waals surface area (Å²) in [5, 5.41) is 0. The maximum absolute atomic E-state index is 11.0. The van der Waals surface area contributed by atoms with Crippen LogP contribution in [-0.4, -0.2) is 12.9 Å². The summed E-state index contributed by atoms with van der Waals surface area (Å²) in [6.07, 6.45) is 0.769. The van der Waals surface area contributed by atoms with E-state index in [1.54, 1.807) is 24.3 Å². The van der Waals surface area contributed by atoms with Crippen molar-refractivity contribution in [1.29, 1.82) is 0 Å². The van der Waals surface area contributed by atoms with Crippen molar-refractivity contribution in [1.82, 2.24) is 0 Å². The Hall–Kier alpha value is -1.81. The average molecular weight is 321 g/mol. The van der Waals surface area contributed by atoms with Gasteiger partial charge in [0.1, 0.15) is 5.75 Å². The van der Waals surface area contributed by atoms with Gasteiger partial charge in [0.25, 0.3) is 0 Å². The molecule has 0 aromatic heterocycles. The van der Waals surface area contributed by atoms with Crippen LogP contribution in [0.25, 0.3) is 0 Å². The lowest BCUT2D eigenvalue weighted by molar-refractivity contribution is 0.112. The zero-order chi connectivity index (χ0) is 13.7. The predicted octanol–water partition coefficient (Wildman–Crippen LogP) is 4.45. The van der Waals surface area contributed by atoms with E-state index in [-0.39, 0.29) is 0 Å². The van der Waals surface area contributed by atoms with E-state index < -0.39 is 0 Å². The molecule has 0 atom stereocenters. The third-order valence-corrected chi connectivity index (χ3v) is 2.96. The lowest BCUT2D eigenvalue weighted by Gasteiger charge is -2.12. The first kappa shape index (κ1) is 13.6. The molecule has 2 aromatic carbocycles. The Morgan fingerprint density at radius 2 is 1.84 bits per heavy atom. The molecule has 19 heavy (non-hydrogen) atoms. The van der Waals surface area contributed by atoms with Gasteiger partial charge in [-0.25, -0.2) is 0 Å². The molecule has 0 aliphatic carbocycles. The van der Waals surface area contributed by atoms with Crippen LogP contribution in [0.15, 0.2) is 46.9 Å². The first-order valence-corrected chi connectivity index (χ1v) is 6.68. The predicted molar refractivity (Wildman–Crippen MR) is 77.2 cm³/mol. The molecule has 0 spiro atoms. The number of halogens is 1. The van der Waals surface area contributed by atoms with Gasteiger partial charge in [-0.15, -0.1) is 0 Å². The number of carbonyl (C=O) groups excluding carboxylic acids is 1. The minimum Gasteiger partial charge on any atom is -0.490 e. The molecule has 0 aliphatic heterocycles. The van der Waals surface area contributed by atoms with E-state index in [0.29, 0.717) is 29.4 Å². The molecule has 0 N–H and O–H groups in total. The smallest absolute Gasteiger partial charge is 0.169 e. The Morgan fingerprint density at radius 1 is 1.11 bits per heavy atom. The van der Waals surface area contributed by atoms with Crippen molar-refractivity contribution in [2.45, 2.75) is 6.92 Å². The molecule has 0 amide bonds. The summed E-state index contributed by atoms with van der Waals surface area (Å²) in [6, 6.07) is 12.6. The fourth-order valence-corrected chi connectivity index (χ4v) is 1.96. The molecule has 0 bridgehead atoms. The van der Waals surface area contributed by atoms with Gasteiger partial charge in [-0.05, 0) is 37.3 Å². The Labute approximate surface area is 120 Å². The van der Waals surface area contributed by atoms with Gasteiger partial charge < -0.3 is 9.47 Å². The van der Waals surface area contributed by atoms with E-state index in [1.165, 1.54) is 0 Å². The molecular formula is C15H13BrO3. The lowest BCUT2D eigenvalue weighted by atomic mass is 10.2. The molecule has 0 heterocycles. The summed E-state index contributed by atoms with van der Waals surface area (Å²) in [4.78, 5) is 11.0. The van der Waals surface area contributed by atoms with Crippen LogP contribution in [0.2, 0.25) is 0 Å². The average Bonchev–Trinajstić information content (AvgIpc) is 2.42. The number of hydrogen-bond donors (Lipinski definition) is 0. The van der Waals surface area contributed by atoms with Crippen molar-refractivity contribution in [2.75, 3.05) is 6.61 Å². The van der Waals surface area contributed by atoms with Crippen LogP contribution in [0.3, 0.4) is 0 Å². The summed E-state index contributed by atoms with van der Waals surface area (Å²) < 4.78 is 12.1. The highest BCUT2D eigenvalue weighted by atomic mass is 79.9. The minimum atomic E-state index is 0.495. The van der Waals surface area contributed by atoms with Gasteiger partial charge in [0, 0.05) is 4.47 Å². The van der Waals surface area contributed by atoms with E-state index in [0.717, 1.165) is 10.8 Å². The highest BCUT2D eigenvalue weighted by Crippen LogP contribution is 2.33. The topological polar surface area (TPSA) is 35.5 Å². The van der Waals surface area contributed by atoms with Crippen molar-refractivity contribution in [3.63, 3.8) is 0 Å². The van der Waals surface area contributed by atoms with Gasteiger partial charge in [0.05, 0.1) is 12.2 Å². The number of hydrogen-bond acceptors (Lipinski definition) is 3. The zero-order valence-electron chi connectivity index (χ0n) is 10.4. The maximum atomic E-state index is 11.0. The molecule has 3 nitrogen and oxygen atoms in total. The van der Waals surface area contributed by atoms with E-state index in [2.05, 4.69) is 15.9 Å². The second-order valence-corrected chi connectivity index (χ2v) is 4.70. The second kappa shape index (κ2) is 6.38. The van der Waals surface area contributed by atoms with Gasteiger partial charge in [-0.3, -0.25) is 4.79 Å². The van der Waals surface area contributed by atoms with Crippen LogP contribution in [0.4, 0.5) is 0 Å². The van der Waals surface area contributed by atoms with Crippen molar-refractivity contribution < 1.29 is 14.3 Å². The van der Waals surface area contributed by atoms with Crippen molar-refractivity contribution in [2.24, 2.45) is 0 Å². The molecule has 0 saturated carbocycles. The van der Waals surface area contributed by atoms with E-state index in [4.69, 9.17) is 9.47 Å². The summed E-state index contributed by atoms with van der Waals surface area (Å²) in [6.45, 7) is 2.46. The first-order chi connectivity index (χ1) is 9.24. The van der Waals surface area contributed by atoms with Gasteiger partial charge in [0.2, 0.25) is 0 Å². The third-order valence-electron chi connectivity index (χ3n) is 2.47. The third kappa shape index (κ3) is 3.35. The van der Waals surface area contributed by atoms with Crippen LogP contribution in [0.5, 0.6) is 17.2 Å². The fourth-order valence-electron chi connectivity index (χ4n) is 1.62. The second-order valence-electron chi connectivity index (χ2n) is 3.78. The molecule has 0 saturated heterocycles. The van der Waals surface area contributed by atoms with Crippen molar-refractivity contribution >= 4 is 22.2 Å². The van der Waals surface area contributed by atoms with Crippen LogP contribution in [0, 0.1) is 0 Å². The summed E-state index contributed by atoms with van der Waals surface area (Å²) in [5.74, 6) is 1.74. The van der Waals surface area contributed by atoms with Gasteiger partial charge in [-0.1, -0.05) is 28.1 Å². The number of rotatable bonds is 5. The van der Waals surface area contributed by atoms with E-state index in [9.17, 15) is 4.79 Å². The first-order valence-electron chi connectivity index (χ1n) is 5.89.